The van der Waals surface area contributed by atoms with Gasteiger partial charge in [-0.2, -0.15) is 0 Å². The summed E-state index contributed by atoms with van der Waals surface area (Å²) in [5.41, 5.74) is 3.49. The fraction of sp³-hybridized carbons (Fsp3) is 0.389. The molecule has 0 saturated heterocycles. The number of rotatable bonds is 9. The van der Waals surface area contributed by atoms with Gasteiger partial charge in [0.25, 0.3) is 5.91 Å². The number of hydrogen-bond donors (Lipinski definition) is 4. The molecule has 0 radical (unpaired) electrons. The lowest BCUT2D eigenvalue weighted by atomic mass is 9.97. The molecule has 0 aromatic heterocycles. The summed E-state index contributed by atoms with van der Waals surface area (Å²) in [4.78, 5) is 11.1. The minimum atomic E-state index is -0.910. The molecule has 0 aliphatic heterocycles. The van der Waals surface area contributed by atoms with Crippen LogP contribution in [-0.2, 0) is 9.53 Å². The highest BCUT2D eigenvalue weighted by atomic mass is 16.5. The van der Waals surface area contributed by atoms with Crippen LogP contribution < -0.4 is 10.2 Å². The molecule has 0 aliphatic carbocycles. The van der Waals surface area contributed by atoms with Crippen molar-refractivity contribution in [2.24, 2.45) is 0 Å². The van der Waals surface area contributed by atoms with E-state index < -0.39 is 18.1 Å². The van der Waals surface area contributed by atoms with Gasteiger partial charge < -0.3 is 19.7 Å². The van der Waals surface area contributed by atoms with Crippen LogP contribution in [0.5, 0.6) is 5.75 Å². The number of benzene rings is 1. The highest BCUT2D eigenvalue weighted by Crippen LogP contribution is 2.26. The van der Waals surface area contributed by atoms with Gasteiger partial charge in [0.2, 0.25) is 0 Å². The van der Waals surface area contributed by atoms with E-state index in [0.29, 0.717) is 16.9 Å². The van der Waals surface area contributed by atoms with Crippen LogP contribution in [0.15, 0.2) is 47.6 Å². The first-order valence-electron chi connectivity index (χ1n) is 7.78. The molecule has 0 aliphatic rings. The Labute approximate surface area is 147 Å². The molecule has 25 heavy (non-hydrogen) atoms. The van der Waals surface area contributed by atoms with Crippen LogP contribution >= 0.6 is 0 Å². The lowest BCUT2D eigenvalue weighted by molar-refractivity contribution is -0.124. The molecule has 7 nitrogen and oxygen atoms in total. The number of hydrogen-bond acceptors (Lipinski definition) is 6. The van der Waals surface area contributed by atoms with Gasteiger partial charge in [0, 0.05) is 13.2 Å². The van der Waals surface area contributed by atoms with Gasteiger partial charge in [0.15, 0.2) is 0 Å². The maximum atomic E-state index is 11.1. The summed E-state index contributed by atoms with van der Waals surface area (Å²) >= 11 is 0. The van der Waals surface area contributed by atoms with Gasteiger partial charge in [-0.3, -0.25) is 10.0 Å². The summed E-state index contributed by atoms with van der Waals surface area (Å²) in [5.74, 6) is -0.0328. The Balaban J connectivity index is 2.90. The number of hydroxylamine groups is 1. The average Bonchev–Trinajstić information content (AvgIpc) is 2.60. The zero-order valence-electron chi connectivity index (χ0n) is 14.6. The highest BCUT2D eigenvalue weighted by Gasteiger charge is 2.22. The van der Waals surface area contributed by atoms with Crippen LogP contribution in [0.4, 0.5) is 0 Å². The van der Waals surface area contributed by atoms with E-state index in [4.69, 9.17) is 19.8 Å². The Morgan fingerprint density at radius 2 is 1.88 bits per heavy atom. The fourth-order valence-electron chi connectivity index (χ4n) is 2.39. The number of nitrogens with one attached hydrogen (secondary N) is 1. The van der Waals surface area contributed by atoms with Crippen LogP contribution in [0.2, 0.25) is 0 Å². The molecule has 1 aromatic rings. The molecule has 0 saturated carbocycles. The van der Waals surface area contributed by atoms with Gasteiger partial charge >= 0.3 is 0 Å². The number of methoxy groups -OCH3 is 1. The molecule has 1 amide bonds. The van der Waals surface area contributed by atoms with Gasteiger partial charge in [-0.1, -0.05) is 18.2 Å². The smallest absolute Gasteiger partial charge is 0.267 e. The number of aliphatic hydroxyl groups excluding tert-OH is 2. The molecule has 138 valence electrons. The monoisotopic (exact) mass is 351 g/mol. The minimum absolute atomic E-state index is 0.0682. The Morgan fingerprint density at radius 1 is 1.24 bits per heavy atom. The summed E-state index contributed by atoms with van der Waals surface area (Å²) in [6, 6.07) is 6.85. The Morgan fingerprint density at radius 3 is 2.40 bits per heavy atom. The molecule has 0 spiro atoms. The molecule has 2 atom stereocenters. The first-order valence-corrected chi connectivity index (χ1v) is 7.78. The SMILES string of the molecule is CO[C@H](/C(C)=C/C(C)=C/C(=O)NO)[C@H](O)c1ccc(OCCO)cc1. The molecule has 0 bridgehead atoms. The number of carbonyl (C=O) groups is 1. The Bertz CT molecular complexity index is 608. The topological polar surface area (TPSA) is 108 Å². The van der Waals surface area contributed by atoms with Gasteiger partial charge in [-0.25, -0.2) is 5.48 Å². The quantitative estimate of drug-likeness (QED) is 0.232. The van der Waals surface area contributed by atoms with E-state index in [-0.39, 0.29) is 13.2 Å². The summed E-state index contributed by atoms with van der Waals surface area (Å²) in [6.45, 7) is 3.62. The van der Waals surface area contributed by atoms with Crippen molar-refractivity contribution in [3.05, 3.63) is 53.1 Å². The summed E-state index contributed by atoms with van der Waals surface area (Å²) in [6.07, 6.45) is 1.42. The predicted octanol–water partition coefficient (Wildman–Crippen LogP) is 1.50. The number of carbonyl (C=O) groups excluding carboxylic acids is 1. The van der Waals surface area contributed by atoms with Crippen molar-refractivity contribution >= 4 is 5.91 Å². The van der Waals surface area contributed by atoms with Crippen molar-refractivity contribution in [1.29, 1.82) is 0 Å². The lowest BCUT2D eigenvalue weighted by Gasteiger charge is -2.23. The van der Waals surface area contributed by atoms with Crippen molar-refractivity contribution in [2.75, 3.05) is 20.3 Å². The summed E-state index contributed by atoms with van der Waals surface area (Å²) in [7, 11) is 1.49. The molecular formula is C18H25NO6. The summed E-state index contributed by atoms with van der Waals surface area (Å²) in [5, 5.41) is 27.9. The van der Waals surface area contributed by atoms with E-state index in [9.17, 15) is 9.90 Å². The molecule has 0 fully saturated rings. The zero-order chi connectivity index (χ0) is 18.8. The van der Waals surface area contributed by atoms with E-state index in [1.165, 1.54) is 18.7 Å². The number of amides is 1. The van der Waals surface area contributed by atoms with E-state index in [1.807, 2.05) is 0 Å². The second kappa shape index (κ2) is 10.6. The highest BCUT2D eigenvalue weighted by molar-refractivity contribution is 5.87. The predicted molar refractivity (Wildman–Crippen MR) is 92.2 cm³/mol. The zero-order valence-corrected chi connectivity index (χ0v) is 14.6. The van der Waals surface area contributed by atoms with E-state index in [1.54, 1.807) is 44.2 Å². The van der Waals surface area contributed by atoms with Crippen molar-refractivity contribution in [3.63, 3.8) is 0 Å². The van der Waals surface area contributed by atoms with Crippen LogP contribution in [0, 0.1) is 0 Å². The minimum Gasteiger partial charge on any atom is -0.491 e. The molecule has 1 aromatic carbocycles. The fourth-order valence-corrected chi connectivity index (χ4v) is 2.39. The normalized spacial score (nSPS) is 14.8. The standard InChI is InChI=1S/C18H25NO6/c1-12(11-16(21)19-23)10-13(2)18(24-3)17(22)14-4-6-15(7-5-14)25-9-8-20/h4-7,10-11,17-18,20,22-23H,8-9H2,1-3H3,(H,19,21)/b12-11+,13-10+/t17-,18-/m1/s1. The third kappa shape index (κ3) is 6.67. The van der Waals surface area contributed by atoms with Crippen molar-refractivity contribution in [2.45, 2.75) is 26.1 Å². The number of ether oxygens (including phenoxy) is 2. The Hall–Kier alpha value is -2.19. The largest absolute Gasteiger partial charge is 0.491 e. The molecular weight excluding hydrogens is 326 g/mol. The van der Waals surface area contributed by atoms with E-state index in [2.05, 4.69) is 0 Å². The van der Waals surface area contributed by atoms with Crippen LogP contribution in [0.1, 0.15) is 25.5 Å². The van der Waals surface area contributed by atoms with Crippen LogP contribution in [0.3, 0.4) is 0 Å². The van der Waals surface area contributed by atoms with Crippen molar-refractivity contribution < 1.29 is 29.7 Å². The Kier molecular flexibility index (Phi) is 8.87. The number of allylic oxidation sites excluding steroid dienone is 2. The first kappa shape index (κ1) is 20.9. The maximum Gasteiger partial charge on any atom is 0.267 e. The summed E-state index contributed by atoms with van der Waals surface area (Å²) < 4.78 is 10.7. The van der Waals surface area contributed by atoms with E-state index >= 15 is 0 Å². The van der Waals surface area contributed by atoms with Crippen molar-refractivity contribution in [3.8, 4) is 5.75 Å². The van der Waals surface area contributed by atoms with Crippen LogP contribution in [0.25, 0.3) is 0 Å². The first-order chi connectivity index (χ1) is 11.9. The lowest BCUT2D eigenvalue weighted by Crippen LogP contribution is -2.22. The second-order valence-electron chi connectivity index (χ2n) is 5.50. The van der Waals surface area contributed by atoms with Gasteiger partial charge in [-0.15, -0.1) is 0 Å². The third-order valence-electron chi connectivity index (χ3n) is 3.50. The molecule has 7 heteroatoms. The number of aliphatic hydroxyl groups is 2. The van der Waals surface area contributed by atoms with Gasteiger partial charge in [0.05, 0.1) is 6.61 Å². The molecule has 0 heterocycles. The third-order valence-corrected chi connectivity index (χ3v) is 3.50. The van der Waals surface area contributed by atoms with Crippen molar-refractivity contribution in [1.82, 2.24) is 5.48 Å². The van der Waals surface area contributed by atoms with E-state index in [0.717, 1.165) is 5.57 Å². The average molecular weight is 351 g/mol. The maximum absolute atomic E-state index is 11.1. The second-order valence-corrected chi connectivity index (χ2v) is 5.50. The van der Waals surface area contributed by atoms with Gasteiger partial charge in [-0.05, 0) is 42.7 Å². The molecule has 0 unspecified atom stereocenters. The van der Waals surface area contributed by atoms with Gasteiger partial charge in [0.1, 0.15) is 24.6 Å². The van der Waals surface area contributed by atoms with Crippen LogP contribution in [-0.4, -0.2) is 47.8 Å². The molecule has 1 rings (SSSR count). The molecule has 4 N–H and O–H groups in total.